The molecule has 84 valence electrons. The zero-order valence-corrected chi connectivity index (χ0v) is 9.84. The van der Waals surface area contributed by atoms with E-state index in [1.165, 1.54) is 23.1 Å². The van der Waals surface area contributed by atoms with Crippen molar-refractivity contribution >= 4 is 0 Å². The van der Waals surface area contributed by atoms with Gasteiger partial charge in [-0.2, -0.15) is 0 Å². The van der Waals surface area contributed by atoms with Gasteiger partial charge in [0.05, 0.1) is 0 Å². The van der Waals surface area contributed by atoms with Crippen molar-refractivity contribution < 1.29 is 0 Å². The Morgan fingerprint density at radius 1 is 1.20 bits per heavy atom. The van der Waals surface area contributed by atoms with Gasteiger partial charge in [0.2, 0.25) is 0 Å². The lowest BCUT2D eigenvalue weighted by Crippen LogP contribution is -2.16. The highest BCUT2D eigenvalue weighted by Crippen LogP contribution is 2.09. The molecule has 1 aromatic rings. The second kappa shape index (κ2) is 6.59. The van der Waals surface area contributed by atoms with E-state index in [2.05, 4.69) is 37.4 Å². The minimum absolute atomic E-state index is 0.797. The Morgan fingerprint density at radius 3 is 2.67 bits per heavy atom. The Balaban J connectivity index is 2.31. The third kappa shape index (κ3) is 4.45. The molecule has 0 aliphatic carbocycles. The summed E-state index contributed by atoms with van der Waals surface area (Å²) in [6.07, 6.45) is 2.28. The fraction of sp³-hybridized carbons (Fsp3) is 0.538. The topological polar surface area (TPSA) is 38.0 Å². The zero-order chi connectivity index (χ0) is 11.1. The molecule has 3 N–H and O–H groups in total. The summed E-state index contributed by atoms with van der Waals surface area (Å²) in [5.41, 5.74) is 9.54. The normalized spacial score (nSPS) is 10.6. The Hall–Kier alpha value is -0.860. The number of hydrogen-bond acceptors (Lipinski definition) is 2. The summed E-state index contributed by atoms with van der Waals surface area (Å²) in [6, 6.07) is 6.61. The first-order chi connectivity index (χ1) is 7.24. The summed E-state index contributed by atoms with van der Waals surface area (Å²) >= 11 is 0. The molecule has 0 aromatic heterocycles. The molecule has 0 heterocycles. The van der Waals surface area contributed by atoms with Gasteiger partial charge in [0.25, 0.3) is 0 Å². The van der Waals surface area contributed by atoms with Gasteiger partial charge in [0.15, 0.2) is 0 Å². The average molecular weight is 206 g/mol. The molecular weight excluding hydrogens is 184 g/mol. The standard InChI is InChI=1S/C13H22N2/c1-11-5-6-13(12(2)9-11)10-15-8-4-3-7-14/h5-6,9,15H,3-4,7-8,10,14H2,1-2H3. The molecule has 0 aliphatic heterocycles. The summed E-state index contributed by atoms with van der Waals surface area (Å²) in [5, 5.41) is 3.44. The fourth-order valence-electron chi connectivity index (χ4n) is 1.66. The third-order valence-electron chi connectivity index (χ3n) is 2.62. The lowest BCUT2D eigenvalue weighted by atomic mass is 10.1. The van der Waals surface area contributed by atoms with Gasteiger partial charge in [-0.1, -0.05) is 23.8 Å². The van der Waals surface area contributed by atoms with Gasteiger partial charge < -0.3 is 11.1 Å². The van der Waals surface area contributed by atoms with Crippen molar-refractivity contribution in [1.82, 2.24) is 5.32 Å². The first kappa shape index (κ1) is 12.2. The van der Waals surface area contributed by atoms with Crippen LogP contribution in [0.1, 0.15) is 29.5 Å². The van der Waals surface area contributed by atoms with Crippen LogP contribution in [0.3, 0.4) is 0 Å². The molecule has 0 saturated carbocycles. The lowest BCUT2D eigenvalue weighted by Gasteiger charge is -2.08. The predicted octanol–water partition coefficient (Wildman–Crippen LogP) is 2.13. The molecule has 0 saturated heterocycles. The second-order valence-corrected chi connectivity index (χ2v) is 4.10. The van der Waals surface area contributed by atoms with Crippen molar-refractivity contribution in [3.8, 4) is 0 Å². The van der Waals surface area contributed by atoms with E-state index < -0.39 is 0 Å². The van der Waals surface area contributed by atoms with Crippen molar-refractivity contribution in [2.45, 2.75) is 33.2 Å². The molecule has 0 spiro atoms. The minimum atomic E-state index is 0.797. The van der Waals surface area contributed by atoms with Crippen molar-refractivity contribution in [2.24, 2.45) is 5.73 Å². The van der Waals surface area contributed by atoms with E-state index >= 15 is 0 Å². The van der Waals surface area contributed by atoms with Gasteiger partial charge in [-0.25, -0.2) is 0 Å². The highest BCUT2D eigenvalue weighted by Gasteiger charge is 1.97. The van der Waals surface area contributed by atoms with Gasteiger partial charge in [-0.3, -0.25) is 0 Å². The summed E-state index contributed by atoms with van der Waals surface area (Å²) in [4.78, 5) is 0. The summed E-state index contributed by atoms with van der Waals surface area (Å²) < 4.78 is 0. The predicted molar refractivity (Wildman–Crippen MR) is 65.9 cm³/mol. The van der Waals surface area contributed by atoms with Crippen molar-refractivity contribution in [2.75, 3.05) is 13.1 Å². The Kier molecular flexibility index (Phi) is 5.37. The first-order valence-corrected chi connectivity index (χ1v) is 5.71. The molecule has 0 atom stereocenters. The van der Waals surface area contributed by atoms with E-state index in [0.717, 1.165) is 26.1 Å². The Bertz CT molecular complexity index is 295. The maximum absolute atomic E-state index is 5.43. The van der Waals surface area contributed by atoms with Gasteiger partial charge in [-0.05, 0) is 50.9 Å². The highest BCUT2D eigenvalue weighted by atomic mass is 14.8. The van der Waals surface area contributed by atoms with E-state index in [4.69, 9.17) is 5.73 Å². The number of unbranched alkanes of at least 4 members (excludes halogenated alkanes) is 1. The fourth-order valence-corrected chi connectivity index (χ4v) is 1.66. The van der Waals surface area contributed by atoms with E-state index in [9.17, 15) is 0 Å². The summed E-state index contributed by atoms with van der Waals surface area (Å²) in [5.74, 6) is 0. The highest BCUT2D eigenvalue weighted by molar-refractivity contribution is 5.30. The van der Waals surface area contributed by atoms with Gasteiger partial charge in [-0.15, -0.1) is 0 Å². The Labute approximate surface area is 92.9 Å². The van der Waals surface area contributed by atoms with Crippen LogP contribution in [0.15, 0.2) is 18.2 Å². The van der Waals surface area contributed by atoms with Crippen LogP contribution < -0.4 is 11.1 Å². The second-order valence-electron chi connectivity index (χ2n) is 4.10. The molecule has 2 nitrogen and oxygen atoms in total. The van der Waals surface area contributed by atoms with Crippen LogP contribution in [0.5, 0.6) is 0 Å². The van der Waals surface area contributed by atoms with Crippen molar-refractivity contribution in [3.63, 3.8) is 0 Å². The monoisotopic (exact) mass is 206 g/mol. The van der Waals surface area contributed by atoms with E-state index in [1.54, 1.807) is 0 Å². The van der Waals surface area contributed by atoms with Crippen molar-refractivity contribution in [1.29, 1.82) is 0 Å². The molecule has 0 bridgehead atoms. The van der Waals surface area contributed by atoms with Gasteiger partial charge in [0, 0.05) is 6.54 Å². The lowest BCUT2D eigenvalue weighted by molar-refractivity contribution is 0.626. The molecular formula is C13H22N2. The molecule has 15 heavy (non-hydrogen) atoms. The van der Waals surface area contributed by atoms with E-state index in [0.29, 0.717) is 0 Å². The molecule has 1 rings (SSSR count). The molecule has 2 heteroatoms. The van der Waals surface area contributed by atoms with Crippen LogP contribution >= 0.6 is 0 Å². The van der Waals surface area contributed by atoms with Crippen LogP contribution in [0.4, 0.5) is 0 Å². The molecule has 0 radical (unpaired) electrons. The maximum atomic E-state index is 5.43. The Morgan fingerprint density at radius 2 is 2.00 bits per heavy atom. The quantitative estimate of drug-likeness (QED) is 0.700. The molecule has 0 fully saturated rings. The first-order valence-electron chi connectivity index (χ1n) is 5.71. The summed E-state index contributed by atoms with van der Waals surface area (Å²) in [6.45, 7) is 7.13. The number of benzene rings is 1. The van der Waals surface area contributed by atoms with Crippen LogP contribution in [0, 0.1) is 13.8 Å². The number of nitrogens with two attached hydrogens (primary N) is 1. The zero-order valence-electron chi connectivity index (χ0n) is 9.84. The van der Waals surface area contributed by atoms with Crippen molar-refractivity contribution in [3.05, 3.63) is 34.9 Å². The molecule has 0 amide bonds. The van der Waals surface area contributed by atoms with Crippen LogP contribution in [0.2, 0.25) is 0 Å². The smallest absolute Gasteiger partial charge is 0.0208 e. The van der Waals surface area contributed by atoms with E-state index in [-0.39, 0.29) is 0 Å². The van der Waals surface area contributed by atoms with Gasteiger partial charge >= 0.3 is 0 Å². The number of aryl methyl sites for hydroxylation is 2. The SMILES string of the molecule is Cc1ccc(CNCCCCN)c(C)c1. The summed E-state index contributed by atoms with van der Waals surface area (Å²) in [7, 11) is 0. The van der Waals surface area contributed by atoms with Crippen LogP contribution in [0.25, 0.3) is 0 Å². The minimum Gasteiger partial charge on any atom is -0.330 e. The van der Waals surface area contributed by atoms with E-state index in [1.807, 2.05) is 0 Å². The number of hydrogen-bond donors (Lipinski definition) is 2. The van der Waals surface area contributed by atoms with Gasteiger partial charge in [0.1, 0.15) is 0 Å². The van der Waals surface area contributed by atoms with Crippen LogP contribution in [-0.4, -0.2) is 13.1 Å². The number of rotatable bonds is 6. The molecule has 0 unspecified atom stereocenters. The maximum Gasteiger partial charge on any atom is 0.0208 e. The molecule has 1 aromatic carbocycles. The molecule has 0 aliphatic rings. The van der Waals surface area contributed by atoms with Crippen LogP contribution in [-0.2, 0) is 6.54 Å². The largest absolute Gasteiger partial charge is 0.330 e. The third-order valence-corrected chi connectivity index (χ3v) is 2.62. The average Bonchev–Trinajstić information content (AvgIpc) is 2.20. The number of nitrogens with one attached hydrogen (secondary N) is 1.